The molecule has 134 valence electrons. The van der Waals surface area contributed by atoms with E-state index in [0.29, 0.717) is 18.9 Å². The van der Waals surface area contributed by atoms with Gasteiger partial charge < -0.3 is 16.0 Å². The molecular weight excluding hydrogens is 328 g/mol. The molecule has 0 aliphatic carbocycles. The van der Waals surface area contributed by atoms with Gasteiger partial charge in [0.25, 0.3) is 0 Å². The van der Waals surface area contributed by atoms with E-state index >= 15 is 0 Å². The molecule has 0 heterocycles. The first kappa shape index (κ1) is 20.0. The first-order valence-electron chi connectivity index (χ1n) is 7.71. The van der Waals surface area contributed by atoms with Gasteiger partial charge in [-0.05, 0) is 31.0 Å². The molecule has 1 rings (SSSR count). The van der Waals surface area contributed by atoms with Crippen LogP contribution in [0.4, 0.5) is 5.69 Å². The molecule has 0 radical (unpaired) electrons. The second kappa shape index (κ2) is 9.27. The van der Waals surface area contributed by atoms with Crippen LogP contribution in [0.5, 0.6) is 0 Å². The van der Waals surface area contributed by atoms with E-state index in [-0.39, 0.29) is 17.7 Å². The van der Waals surface area contributed by atoms with Crippen molar-refractivity contribution in [1.82, 2.24) is 10.6 Å². The van der Waals surface area contributed by atoms with Gasteiger partial charge >= 0.3 is 0 Å². The smallest absolute Gasteiger partial charge is 0.221 e. The number of carbonyl (C=O) groups is 1. The van der Waals surface area contributed by atoms with E-state index in [2.05, 4.69) is 20.9 Å². The number of carbonyl (C=O) groups excluding carboxylic acids is 1. The van der Waals surface area contributed by atoms with E-state index in [0.717, 1.165) is 11.3 Å². The monoisotopic (exact) mass is 354 g/mol. The molecular formula is C16H26N4O3S. The van der Waals surface area contributed by atoms with Gasteiger partial charge in [0, 0.05) is 38.5 Å². The minimum Gasteiger partial charge on any atom is -0.354 e. The molecule has 0 aliphatic heterocycles. The van der Waals surface area contributed by atoms with E-state index in [9.17, 15) is 13.2 Å². The first-order valence-corrected chi connectivity index (χ1v) is 9.77. The maximum atomic E-state index is 11.2. The summed E-state index contributed by atoms with van der Waals surface area (Å²) in [6.07, 6.45) is 1.74. The second-order valence-corrected chi connectivity index (χ2v) is 8.03. The van der Waals surface area contributed by atoms with Gasteiger partial charge in [0.2, 0.25) is 5.91 Å². The summed E-state index contributed by atoms with van der Waals surface area (Å²) in [7, 11) is -1.31. The standard InChI is InChI=1S/C16H26N4O3S/c1-12(8-9-24(4,22)23)19-16(17-3)18-11-14-6-5-7-15(10-14)20-13(2)21/h5-7,10,12H,8-9,11H2,1-4H3,(H,20,21)(H2,17,18,19). The van der Waals surface area contributed by atoms with Gasteiger partial charge in [-0.1, -0.05) is 12.1 Å². The summed E-state index contributed by atoms with van der Waals surface area (Å²) in [6.45, 7) is 3.91. The van der Waals surface area contributed by atoms with Crippen molar-refractivity contribution in [2.24, 2.45) is 4.99 Å². The van der Waals surface area contributed by atoms with Crippen LogP contribution in [0.3, 0.4) is 0 Å². The third-order valence-corrected chi connectivity index (χ3v) is 4.21. The summed E-state index contributed by atoms with van der Waals surface area (Å²) in [5, 5.41) is 9.07. The minimum absolute atomic E-state index is 0.0170. The fraction of sp³-hybridized carbons (Fsp3) is 0.500. The second-order valence-electron chi connectivity index (χ2n) is 5.77. The Labute approximate surface area is 143 Å². The number of hydrogen-bond acceptors (Lipinski definition) is 4. The zero-order valence-corrected chi connectivity index (χ0v) is 15.4. The fourth-order valence-corrected chi connectivity index (χ4v) is 2.82. The minimum atomic E-state index is -2.97. The Balaban J connectivity index is 2.53. The number of nitrogens with one attached hydrogen (secondary N) is 3. The lowest BCUT2D eigenvalue weighted by atomic mass is 10.2. The highest BCUT2D eigenvalue weighted by atomic mass is 32.2. The van der Waals surface area contributed by atoms with Crippen LogP contribution < -0.4 is 16.0 Å². The molecule has 1 aromatic carbocycles. The van der Waals surface area contributed by atoms with Crippen molar-refractivity contribution in [3.05, 3.63) is 29.8 Å². The summed E-state index contributed by atoms with van der Waals surface area (Å²) < 4.78 is 22.4. The zero-order valence-electron chi connectivity index (χ0n) is 14.6. The van der Waals surface area contributed by atoms with Crippen LogP contribution >= 0.6 is 0 Å². The largest absolute Gasteiger partial charge is 0.354 e. The molecule has 0 bridgehead atoms. The molecule has 1 aromatic rings. The van der Waals surface area contributed by atoms with E-state index in [1.807, 2.05) is 31.2 Å². The SMILES string of the molecule is CN=C(NCc1cccc(NC(C)=O)c1)NC(C)CCS(C)(=O)=O. The van der Waals surface area contributed by atoms with E-state index in [1.54, 1.807) is 7.05 Å². The van der Waals surface area contributed by atoms with Crippen LogP contribution in [-0.2, 0) is 21.2 Å². The number of sulfone groups is 1. The lowest BCUT2D eigenvalue weighted by Crippen LogP contribution is -2.42. The molecule has 8 heteroatoms. The van der Waals surface area contributed by atoms with E-state index in [4.69, 9.17) is 0 Å². The van der Waals surface area contributed by atoms with Crippen LogP contribution in [0.1, 0.15) is 25.8 Å². The lowest BCUT2D eigenvalue weighted by Gasteiger charge is -2.18. The molecule has 24 heavy (non-hydrogen) atoms. The number of aliphatic imine (C=N–C) groups is 1. The van der Waals surface area contributed by atoms with Crippen LogP contribution in [-0.4, -0.2) is 45.4 Å². The molecule has 1 amide bonds. The van der Waals surface area contributed by atoms with Crippen molar-refractivity contribution in [3.63, 3.8) is 0 Å². The van der Waals surface area contributed by atoms with Crippen LogP contribution in [0.25, 0.3) is 0 Å². The number of guanidine groups is 1. The molecule has 3 N–H and O–H groups in total. The fourth-order valence-electron chi connectivity index (χ4n) is 2.04. The number of rotatable bonds is 7. The predicted molar refractivity (Wildman–Crippen MR) is 97.9 cm³/mol. The number of benzene rings is 1. The van der Waals surface area contributed by atoms with Crippen molar-refractivity contribution in [1.29, 1.82) is 0 Å². The van der Waals surface area contributed by atoms with Gasteiger partial charge in [0.15, 0.2) is 5.96 Å². The first-order chi connectivity index (χ1) is 11.2. The predicted octanol–water partition coefficient (Wildman–Crippen LogP) is 1.13. The highest BCUT2D eigenvalue weighted by molar-refractivity contribution is 7.90. The van der Waals surface area contributed by atoms with Crippen molar-refractivity contribution in [3.8, 4) is 0 Å². The number of nitrogens with zero attached hydrogens (tertiary/aromatic N) is 1. The van der Waals surface area contributed by atoms with Gasteiger partial charge in [-0.3, -0.25) is 9.79 Å². The Morgan fingerprint density at radius 2 is 2.04 bits per heavy atom. The molecule has 1 atom stereocenters. The van der Waals surface area contributed by atoms with E-state index < -0.39 is 9.84 Å². The van der Waals surface area contributed by atoms with Crippen molar-refractivity contribution in [2.75, 3.05) is 24.4 Å². The maximum absolute atomic E-state index is 11.2. The highest BCUT2D eigenvalue weighted by Crippen LogP contribution is 2.10. The topological polar surface area (TPSA) is 99.7 Å². The van der Waals surface area contributed by atoms with Crippen LogP contribution in [0, 0.1) is 0 Å². The Hall–Kier alpha value is -2.09. The third-order valence-electron chi connectivity index (χ3n) is 3.24. The summed E-state index contributed by atoms with van der Waals surface area (Å²) in [4.78, 5) is 15.2. The third kappa shape index (κ3) is 8.52. The molecule has 0 aromatic heterocycles. The molecule has 0 spiro atoms. The Kier molecular flexibility index (Phi) is 7.70. The Morgan fingerprint density at radius 3 is 2.62 bits per heavy atom. The van der Waals surface area contributed by atoms with Crippen LogP contribution in [0.15, 0.2) is 29.3 Å². The summed E-state index contributed by atoms with van der Waals surface area (Å²) in [6, 6.07) is 7.50. The van der Waals surface area contributed by atoms with Gasteiger partial charge in [-0.15, -0.1) is 0 Å². The highest BCUT2D eigenvalue weighted by Gasteiger charge is 2.09. The summed E-state index contributed by atoms with van der Waals surface area (Å²) in [5.41, 5.74) is 1.74. The average molecular weight is 354 g/mol. The van der Waals surface area contributed by atoms with Gasteiger partial charge in [0.05, 0.1) is 5.75 Å². The van der Waals surface area contributed by atoms with Gasteiger partial charge in [-0.2, -0.15) is 0 Å². The Bertz CT molecular complexity index is 686. The van der Waals surface area contributed by atoms with Crippen molar-refractivity contribution < 1.29 is 13.2 Å². The summed E-state index contributed by atoms with van der Waals surface area (Å²) >= 11 is 0. The molecule has 0 fully saturated rings. The van der Waals surface area contributed by atoms with Crippen LogP contribution in [0.2, 0.25) is 0 Å². The summed E-state index contributed by atoms with van der Waals surface area (Å²) in [5.74, 6) is 0.620. The average Bonchev–Trinajstić information content (AvgIpc) is 2.48. The Morgan fingerprint density at radius 1 is 1.33 bits per heavy atom. The molecule has 0 saturated carbocycles. The molecule has 7 nitrogen and oxygen atoms in total. The number of anilines is 1. The normalized spacial score (nSPS) is 13.2. The molecule has 1 unspecified atom stereocenters. The number of hydrogen-bond donors (Lipinski definition) is 3. The molecule has 0 saturated heterocycles. The quantitative estimate of drug-likeness (QED) is 0.503. The zero-order chi connectivity index (χ0) is 18.2. The molecule has 0 aliphatic rings. The van der Waals surface area contributed by atoms with Crippen molar-refractivity contribution >= 4 is 27.4 Å². The van der Waals surface area contributed by atoms with Crippen molar-refractivity contribution in [2.45, 2.75) is 32.9 Å². The van der Waals surface area contributed by atoms with Gasteiger partial charge in [0.1, 0.15) is 9.84 Å². The number of amides is 1. The maximum Gasteiger partial charge on any atom is 0.221 e. The van der Waals surface area contributed by atoms with Gasteiger partial charge in [-0.25, -0.2) is 8.42 Å². The lowest BCUT2D eigenvalue weighted by molar-refractivity contribution is -0.114. The van der Waals surface area contributed by atoms with E-state index in [1.165, 1.54) is 13.2 Å².